The first-order valence-electron chi connectivity index (χ1n) is 7.00. The van der Waals surface area contributed by atoms with Crippen molar-refractivity contribution in [3.8, 4) is 6.07 Å². The molecule has 0 aliphatic carbocycles. The van der Waals surface area contributed by atoms with Crippen molar-refractivity contribution in [3.05, 3.63) is 58.5 Å². The van der Waals surface area contributed by atoms with Gasteiger partial charge in [0.2, 0.25) is 0 Å². The quantitative estimate of drug-likeness (QED) is 0.588. The third-order valence-electron chi connectivity index (χ3n) is 3.78. The van der Waals surface area contributed by atoms with Crippen molar-refractivity contribution in [2.24, 2.45) is 12.1 Å². The van der Waals surface area contributed by atoms with Gasteiger partial charge < -0.3 is 4.57 Å². The molecule has 5 nitrogen and oxygen atoms in total. The first-order chi connectivity index (χ1) is 11.1. The van der Waals surface area contributed by atoms with Gasteiger partial charge in [-0.3, -0.25) is 10.4 Å². The van der Waals surface area contributed by atoms with E-state index >= 15 is 0 Å². The van der Waals surface area contributed by atoms with E-state index in [0.29, 0.717) is 10.7 Å². The molecule has 114 valence electrons. The second-order valence-electron chi connectivity index (χ2n) is 5.13. The standard InChI is InChI=1S/C17H14ClN5/c1-11-12(7-14(9-19)23(11)2)10-21-22-16-5-6-20-17-8-13(18)3-4-15(16)17/h3-8,10H,1-2H3,(H,20,22)/b21-10-. The Kier molecular flexibility index (Phi) is 4.00. The summed E-state index contributed by atoms with van der Waals surface area (Å²) in [5.74, 6) is 0. The van der Waals surface area contributed by atoms with Gasteiger partial charge in [0.25, 0.3) is 0 Å². The Balaban J connectivity index is 1.88. The average molecular weight is 324 g/mol. The second kappa shape index (κ2) is 6.11. The zero-order chi connectivity index (χ0) is 16.4. The third-order valence-corrected chi connectivity index (χ3v) is 4.02. The maximum absolute atomic E-state index is 9.05. The van der Waals surface area contributed by atoms with Crippen molar-refractivity contribution < 1.29 is 0 Å². The molecule has 1 aromatic carbocycles. The van der Waals surface area contributed by atoms with Crippen LogP contribution in [0.3, 0.4) is 0 Å². The molecular formula is C17H14ClN5. The molecule has 3 rings (SSSR count). The summed E-state index contributed by atoms with van der Waals surface area (Å²) < 4.78 is 1.84. The molecule has 0 atom stereocenters. The summed E-state index contributed by atoms with van der Waals surface area (Å²) in [6.07, 6.45) is 3.41. The number of nitrogens with one attached hydrogen (secondary N) is 1. The largest absolute Gasteiger partial charge is 0.339 e. The summed E-state index contributed by atoms with van der Waals surface area (Å²) in [5, 5.41) is 14.9. The SMILES string of the molecule is Cc1c(/C=N\Nc2ccnc3cc(Cl)ccc23)cc(C#N)n1C. The predicted molar refractivity (Wildman–Crippen MR) is 92.8 cm³/mol. The summed E-state index contributed by atoms with van der Waals surface area (Å²) in [5.41, 5.74) is 7.16. The number of aromatic nitrogens is 2. The molecule has 0 spiro atoms. The maximum atomic E-state index is 9.05. The molecule has 0 unspecified atom stereocenters. The fraction of sp³-hybridized carbons (Fsp3) is 0.118. The number of nitrogens with zero attached hydrogens (tertiary/aromatic N) is 4. The summed E-state index contributed by atoms with van der Waals surface area (Å²) in [4.78, 5) is 4.29. The number of benzene rings is 1. The van der Waals surface area contributed by atoms with E-state index in [0.717, 1.165) is 27.8 Å². The lowest BCUT2D eigenvalue weighted by atomic mass is 10.2. The van der Waals surface area contributed by atoms with Gasteiger partial charge in [0.1, 0.15) is 11.8 Å². The normalized spacial score (nSPS) is 11.0. The van der Waals surface area contributed by atoms with Crippen LogP contribution < -0.4 is 5.43 Å². The molecule has 0 radical (unpaired) electrons. The van der Waals surface area contributed by atoms with E-state index in [1.807, 2.05) is 48.9 Å². The molecule has 2 heterocycles. The molecule has 0 saturated carbocycles. The van der Waals surface area contributed by atoms with E-state index in [1.54, 1.807) is 12.4 Å². The Bertz CT molecular complexity index is 950. The van der Waals surface area contributed by atoms with Gasteiger partial charge in [-0.25, -0.2) is 0 Å². The number of fused-ring (bicyclic) bond motifs is 1. The summed E-state index contributed by atoms with van der Waals surface area (Å²) in [6, 6.07) is 11.4. The number of hydrogen-bond donors (Lipinski definition) is 1. The molecule has 23 heavy (non-hydrogen) atoms. The van der Waals surface area contributed by atoms with Gasteiger partial charge in [-0.2, -0.15) is 10.4 Å². The Morgan fingerprint density at radius 2 is 2.17 bits per heavy atom. The molecule has 0 saturated heterocycles. The van der Waals surface area contributed by atoms with Crippen LogP contribution in [-0.4, -0.2) is 15.8 Å². The summed E-state index contributed by atoms with van der Waals surface area (Å²) in [7, 11) is 1.86. The highest BCUT2D eigenvalue weighted by molar-refractivity contribution is 6.31. The number of hydrogen-bond acceptors (Lipinski definition) is 4. The van der Waals surface area contributed by atoms with Gasteiger partial charge in [0.05, 0.1) is 17.4 Å². The van der Waals surface area contributed by atoms with Gasteiger partial charge in [0, 0.05) is 34.9 Å². The molecule has 0 aliphatic rings. The molecule has 0 amide bonds. The zero-order valence-corrected chi connectivity index (χ0v) is 13.5. The van der Waals surface area contributed by atoms with Crippen molar-refractivity contribution in [1.82, 2.24) is 9.55 Å². The minimum atomic E-state index is 0.605. The van der Waals surface area contributed by atoms with Crippen LogP contribution in [0, 0.1) is 18.3 Å². The van der Waals surface area contributed by atoms with E-state index < -0.39 is 0 Å². The molecule has 0 fully saturated rings. The first kappa shape index (κ1) is 15.1. The van der Waals surface area contributed by atoms with Crippen LogP contribution in [-0.2, 0) is 7.05 Å². The smallest absolute Gasteiger partial charge is 0.120 e. The lowest BCUT2D eigenvalue weighted by molar-refractivity contribution is 0.865. The van der Waals surface area contributed by atoms with Crippen LogP contribution in [0.2, 0.25) is 5.02 Å². The van der Waals surface area contributed by atoms with Crippen LogP contribution in [0.5, 0.6) is 0 Å². The van der Waals surface area contributed by atoms with Gasteiger partial charge in [-0.05, 0) is 37.3 Å². The minimum absolute atomic E-state index is 0.605. The van der Waals surface area contributed by atoms with Crippen LogP contribution in [0.15, 0.2) is 41.6 Å². The molecule has 6 heteroatoms. The number of nitriles is 1. The minimum Gasteiger partial charge on any atom is -0.339 e. The maximum Gasteiger partial charge on any atom is 0.120 e. The van der Waals surface area contributed by atoms with E-state index in [9.17, 15) is 0 Å². The Labute approximate surface area is 138 Å². The number of hydrazone groups is 1. The Hall–Kier alpha value is -2.84. The highest BCUT2D eigenvalue weighted by atomic mass is 35.5. The first-order valence-corrected chi connectivity index (χ1v) is 7.37. The average Bonchev–Trinajstić information content (AvgIpc) is 2.82. The van der Waals surface area contributed by atoms with E-state index in [2.05, 4.69) is 21.6 Å². The fourth-order valence-corrected chi connectivity index (χ4v) is 2.52. The Morgan fingerprint density at radius 3 is 2.91 bits per heavy atom. The number of rotatable bonds is 3. The van der Waals surface area contributed by atoms with Crippen LogP contribution in [0.4, 0.5) is 5.69 Å². The molecule has 0 aliphatic heterocycles. The summed E-state index contributed by atoms with van der Waals surface area (Å²) >= 11 is 5.99. The highest BCUT2D eigenvalue weighted by Gasteiger charge is 2.06. The number of anilines is 1. The molecule has 1 N–H and O–H groups in total. The van der Waals surface area contributed by atoms with Crippen LogP contribution in [0.25, 0.3) is 10.9 Å². The van der Waals surface area contributed by atoms with E-state index in [-0.39, 0.29) is 0 Å². The zero-order valence-electron chi connectivity index (χ0n) is 12.7. The molecule has 3 aromatic rings. The second-order valence-corrected chi connectivity index (χ2v) is 5.57. The van der Waals surface area contributed by atoms with Crippen molar-refractivity contribution >= 4 is 34.4 Å². The van der Waals surface area contributed by atoms with Gasteiger partial charge in [-0.15, -0.1) is 0 Å². The fourth-order valence-electron chi connectivity index (χ4n) is 2.35. The van der Waals surface area contributed by atoms with Crippen LogP contribution >= 0.6 is 11.6 Å². The predicted octanol–water partition coefficient (Wildman–Crippen LogP) is 3.85. The van der Waals surface area contributed by atoms with Gasteiger partial charge in [0.15, 0.2) is 0 Å². The van der Waals surface area contributed by atoms with Gasteiger partial charge in [-0.1, -0.05) is 11.6 Å². The van der Waals surface area contributed by atoms with E-state index in [1.165, 1.54) is 0 Å². The number of halogens is 1. The van der Waals surface area contributed by atoms with Crippen molar-refractivity contribution in [3.63, 3.8) is 0 Å². The number of pyridine rings is 1. The van der Waals surface area contributed by atoms with Crippen LogP contribution in [0.1, 0.15) is 17.0 Å². The van der Waals surface area contributed by atoms with Crippen molar-refractivity contribution in [2.75, 3.05) is 5.43 Å². The third kappa shape index (κ3) is 2.89. The molecule has 0 bridgehead atoms. The van der Waals surface area contributed by atoms with Gasteiger partial charge >= 0.3 is 0 Å². The highest BCUT2D eigenvalue weighted by Crippen LogP contribution is 2.24. The topological polar surface area (TPSA) is 66.0 Å². The molecular weight excluding hydrogens is 310 g/mol. The Morgan fingerprint density at radius 1 is 1.35 bits per heavy atom. The lowest BCUT2D eigenvalue weighted by Gasteiger charge is -2.05. The monoisotopic (exact) mass is 323 g/mol. The lowest BCUT2D eigenvalue weighted by Crippen LogP contribution is -1.96. The van der Waals surface area contributed by atoms with Crippen molar-refractivity contribution in [2.45, 2.75) is 6.92 Å². The van der Waals surface area contributed by atoms with E-state index in [4.69, 9.17) is 16.9 Å². The summed E-state index contributed by atoms with van der Waals surface area (Å²) in [6.45, 7) is 1.95. The van der Waals surface area contributed by atoms with Crippen molar-refractivity contribution in [1.29, 1.82) is 5.26 Å². The molecule has 2 aromatic heterocycles.